The second kappa shape index (κ2) is 4.38. The van der Waals surface area contributed by atoms with Crippen molar-refractivity contribution in [2.75, 3.05) is 5.32 Å². The van der Waals surface area contributed by atoms with Crippen molar-refractivity contribution in [3.8, 4) is 0 Å². The normalized spacial score (nSPS) is 10.7. The maximum atomic E-state index is 4.34. The molecule has 0 aliphatic carbocycles. The Labute approximate surface area is 95.1 Å². The van der Waals surface area contributed by atoms with Crippen molar-refractivity contribution in [3.63, 3.8) is 0 Å². The van der Waals surface area contributed by atoms with Crippen LogP contribution in [0.1, 0.15) is 18.3 Å². The van der Waals surface area contributed by atoms with Gasteiger partial charge in [0.1, 0.15) is 5.82 Å². The van der Waals surface area contributed by atoms with Crippen molar-refractivity contribution in [1.29, 1.82) is 0 Å². The molecule has 1 N–H and O–H groups in total. The molecule has 0 fully saturated rings. The highest BCUT2D eigenvalue weighted by molar-refractivity contribution is 5.35. The molecular formula is C11H17N5. The van der Waals surface area contributed by atoms with Crippen LogP contribution in [0.2, 0.25) is 0 Å². The van der Waals surface area contributed by atoms with Gasteiger partial charge in [0.2, 0.25) is 0 Å². The molecule has 0 aliphatic heterocycles. The Morgan fingerprint density at radius 3 is 2.88 bits per heavy atom. The summed E-state index contributed by atoms with van der Waals surface area (Å²) in [6.45, 7) is 5.77. The third-order valence-electron chi connectivity index (χ3n) is 2.67. The molecule has 2 aromatic rings. The number of aromatic nitrogens is 4. The number of rotatable bonds is 4. The van der Waals surface area contributed by atoms with Crippen molar-refractivity contribution in [1.82, 2.24) is 19.6 Å². The fraction of sp³-hybridized carbons (Fsp3) is 0.455. The van der Waals surface area contributed by atoms with E-state index in [-0.39, 0.29) is 0 Å². The van der Waals surface area contributed by atoms with E-state index in [2.05, 4.69) is 22.4 Å². The van der Waals surface area contributed by atoms with Gasteiger partial charge in [-0.05, 0) is 19.9 Å². The molecule has 2 rings (SSSR count). The van der Waals surface area contributed by atoms with Gasteiger partial charge in [-0.15, -0.1) is 0 Å². The zero-order valence-electron chi connectivity index (χ0n) is 9.94. The van der Waals surface area contributed by atoms with Gasteiger partial charge >= 0.3 is 0 Å². The highest BCUT2D eigenvalue weighted by Gasteiger charge is 2.03. The average Bonchev–Trinajstić information content (AvgIpc) is 2.83. The predicted octanol–water partition coefficient (Wildman–Crippen LogP) is 1.56. The largest absolute Gasteiger partial charge is 0.363 e. The second-order valence-corrected chi connectivity index (χ2v) is 3.79. The molecule has 16 heavy (non-hydrogen) atoms. The van der Waals surface area contributed by atoms with E-state index in [9.17, 15) is 0 Å². The lowest BCUT2D eigenvalue weighted by atomic mass is 10.4. The van der Waals surface area contributed by atoms with Crippen LogP contribution in [0.25, 0.3) is 0 Å². The molecule has 0 bridgehead atoms. The number of anilines is 1. The minimum Gasteiger partial charge on any atom is -0.363 e. The van der Waals surface area contributed by atoms with Crippen LogP contribution in [0.4, 0.5) is 5.82 Å². The van der Waals surface area contributed by atoms with Crippen LogP contribution in [0.3, 0.4) is 0 Å². The zero-order valence-corrected chi connectivity index (χ0v) is 9.94. The van der Waals surface area contributed by atoms with Crippen LogP contribution in [0, 0.1) is 6.92 Å². The van der Waals surface area contributed by atoms with E-state index in [0.717, 1.165) is 24.6 Å². The highest BCUT2D eigenvalue weighted by Crippen LogP contribution is 2.08. The van der Waals surface area contributed by atoms with Crippen molar-refractivity contribution in [2.24, 2.45) is 7.05 Å². The standard InChI is InChI=1S/C11H17N5/c1-4-16-10(5-6-13-16)8-12-11-7-9(2)15(3)14-11/h5-7H,4,8H2,1-3H3,(H,12,14). The Balaban J connectivity index is 2.02. The lowest BCUT2D eigenvalue weighted by Crippen LogP contribution is -2.08. The minimum absolute atomic E-state index is 0.754. The number of nitrogens with zero attached hydrogens (tertiary/aromatic N) is 4. The molecule has 5 nitrogen and oxygen atoms in total. The summed E-state index contributed by atoms with van der Waals surface area (Å²) >= 11 is 0. The molecule has 0 spiro atoms. The summed E-state index contributed by atoms with van der Waals surface area (Å²) in [6.07, 6.45) is 1.82. The van der Waals surface area contributed by atoms with E-state index in [1.165, 1.54) is 5.69 Å². The summed E-state index contributed by atoms with van der Waals surface area (Å²) in [5.41, 5.74) is 2.32. The van der Waals surface area contributed by atoms with Crippen molar-refractivity contribution in [2.45, 2.75) is 26.9 Å². The fourth-order valence-corrected chi connectivity index (χ4v) is 1.62. The first-order valence-corrected chi connectivity index (χ1v) is 5.46. The van der Waals surface area contributed by atoms with Gasteiger partial charge in [-0.25, -0.2) is 0 Å². The minimum atomic E-state index is 0.754. The van der Waals surface area contributed by atoms with E-state index in [1.807, 2.05) is 41.7 Å². The summed E-state index contributed by atoms with van der Waals surface area (Å²) < 4.78 is 3.84. The monoisotopic (exact) mass is 219 g/mol. The van der Waals surface area contributed by atoms with Crippen LogP contribution >= 0.6 is 0 Å². The lowest BCUT2D eigenvalue weighted by Gasteiger charge is -2.05. The Morgan fingerprint density at radius 1 is 1.44 bits per heavy atom. The molecular weight excluding hydrogens is 202 g/mol. The van der Waals surface area contributed by atoms with E-state index < -0.39 is 0 Å². The Morgan fingerprint density at radius 2 is 2.25 bits per heavy atom. The summed E-state index contributed by atoms with van der Waals surface area (Å²) in [7, 11) is 1.94. The van der Waals surface area contributed by atoms with Crippen LogP contribution in [0.5, 0.6) is 0 Å². The van der Waals surface area contributed by atoms with Crippen molar-refractivity contribution in [3.05, 3.63) is 29.7 Å². The number of hydrogen-bond acceptors (Lipinski definition) is 3. The molecule has 0 aromatic carbocycles. The predicted molar refractivity (Wildman–Crippen MR) is 63.2 cm³/mol. The van der Waals surface area contributed by atoms with Gasteiger partial charge in [-0.1, -0.05) is 0 Å². The zero-order chi connectivity index (χ0) is 11.5. The van der Waals surface area contributed by atoms with E-state index in [4.69, 9.17) is 0 Å². The van der Waals surface area contributed by atoms with Crippen LogP contribution in [0.15, 0.2) is 18.3 Å². The van der Waals surface area contributed by atoms with Gasteiger partial charge in [0.25, 0.3) is 0 Å². The molecule has 0 atom stereocenters. The Kier molecular flexibility index (Phi) is 2.94. The van der Waals surface area contributed by atoms with Gasteiger partial charge in [0.15, 0.2) is 0 Å². The number of aryl methyl sites for hydroxylation is 3. The van der Waals surface area contributed by atoms with Crippen LogP contribution < -0.4 is 5.32 Å². The molecule has 0 saturated heterocycles. The van der Waals surface area contributed by atoms with E-state index in [0.29, 0.717) is 0 Å². The van der Waals surface area contributed by atoms with Crippen LogP contribution in [-0.2, 0) is 20.1 Å². The number of nitrogens with one attached hydrogen (secondary N) is 1. The van der Waals surface area contributed by atoms with Gasteiger partial charge in [0.05, 0.1) is 12.2 Å². The first kappa shape index (κ1) is 10.7. The Bertz CT molecular complexity index is 449. The fourth-order valence-electron chi connectivity index (χ4n) is 1.62. The second-order valence-electron chi connectivity index (χ2n) is 3.79. The van der Waals surface area contributed by atoms with Gasteiger partial charge in [-0.2, -0.15) is 10.2 Å². The lowest BCUT2D eigenvalue weighted by molar-refractivity contribution is 0.627. The summed E-state index contributed by atoms with van der Waals surface area (Å²) in [5, 5.41) is 11.9. The molecule has 2 aromatic heterocycles. The summed E-state index contributed by atoms with van der Waals surface area (Å²) in [5.74, 6) is 0.906. The van der Waals surface area contributed by atoms with Gasteiger partial charge in [-0.3, -0.25) is 9.36 Å². The molecule has 0 amide bonds. The molecule has 86 valence electrons. The first-order valence-electron chi connectivity index (χ1n) is 5.46. The summed E-state index contributed by atoms with van der Waals surface area (Å²) in [6, 6.07) is 4.05. The SMILES string of the molecule is CCn1nccc1CNc1cc(C)n(C)n1. The van der Waals surface area contributed by atoms with Gasteiger partial charge < -0.3 is 5.32 Å². The van der Waals surface area contributed by atoms with Crippen LogP contribution in [-0.4, -0.2) is 19.6 Å². The quantitative estimate of drug-likeness (QED) is 0.848. The average molecular weight is 219 g/mol. The van der Waals surface area contributed by atoms with Crippen molar-refractivity contribution >= 4 is 5.82 Å². The molecule has 2 heterocycles. The smallest absolute Gasteiger partial charge is 0.148 e. The highest BCUT2D eigenvalue weighted by atomic mass is 15.3. The molecule has 0 unspecified atom stereocenters. The first-order chi connectivity index (χ1) is 7.70. The third kappa shape index (κ3) is 2.08. The maximum absolute atomic E-state index is 4.34. The molecule has 5 heteroatoms. The molecule has 0 radical (unpaired) electrons. The Hall–Kier alpha value is -1.78. The number of hydrogen-bond donors (Lipinski definition) is 1. The van der Waals surface area contributed by atoms with E-state index in [1.54, 1.807) is 0 Å². The molecule has 0 aliphatic rings. The maximum Gasteiger partial charge on any atom is 0.148 e. The molecule has 0 saturated carbocycles. The van der Waals surface area contributed by atoms with E-state index >= 15 is 0 Å². The third-order valence-corrected chi connectivity index (χ3v) is 2.67. The van der Waals surface area contributed by atoms with Crippen molar-refractivity contribution < 1.29 is 0 Å². The van der Waals surface area contributed by atoms with Gasteiger partial charge in [0, 0.05) is 31.5 Å². The summed E-state index contributed by atoms with van der Waals surface area (Å²) in [4.78, 5) is 0. The topological polar surface area (TPSA) is 47.7 Å².